The van der Waals surface area contributed by atoms with E-state index in [1.807, 2.05) is 0 Å². The maximum atomic E-state index is 13.6. The highest BCUT2D eigenvalue weighted by Gasteiger charge is 2.35. The summed E-state index contributed by atoms with van der Waals surface area (Å²) < 4.78 is 57.3. The summed E-state index contributed by atoms with van der Waals surface area (Å²) >= 11 is 0. The lowest BCUT2D eigenvalue weighted by Crippen LogP contribution is -2.08. The smallest absolute Gasteiger partial charge is 0.420 e. The molecule has 2 N–H and O–H groups in total. The van der Waals surface area contributed by atoms with Gasteiger partial charge in [-0.1, -0.05) is 0 Å². The van der Waals surface area contributed by atoms with Gasteiger partial charge < -0.3 is 10.5 Å². The van der Waals surface area contributed by atoms with Gasteiger partial charge in [-0.2, -0.15) is 18.4 Å². The summed E-state index contributed by atoms with van der Waals surface area (Å²) in [4.78, 5) is 0. The van der Waals surface area contributed by atoms with Crippen LogP contribution in [-0.4, -0.2) is 0 Å². The summed E-state index contributed by atoms with van der Waals surface area (Å²) in [5.41, 5.74) is 4.14. The Labute approximate surface area is 117 Å². The van der Waals surface area contributed by atoms with E-state index in [9.17, 15) is 17.6 Å². The zero-order chi connectivity index (χ0) is 15.6. The highest BCUT2D eigenvalue weighted by atomic mass is 19.4. The molecular weight excluding hydrogens is 288 g/mol. The van der Waals surface area contributed by atoms with Crippen molar-refractivity contribution in [1.82, 2.24) is 0 Å². The number of hydrogen-bond acceptors (Lipinski definition) is 3. The molecule has 0 bridgehead atoms. The summed E-state index contributed by atoms with van der Waals surface area (Å²) in [6.45, 7) is 0. The number of alkyl halides is 3. The third kappa shape index (κ3) is 3.23. The summed E-state index contributed by atoms with van der Waals surface area (Å²) in [5, 5.41) is 8.65. The molecule has 0 spiro atoms. The minimum absolute atomic E-state index is 0.121. The average molecular weight is 296 g/mol. The minimum Gasteiger partial charge on any atom is -0.454 e. The van der Waals surface area contributed by atoms with Crippen molar-refractivity contribution in [3.8, 4) is 17.6 Å². The monoisotopic (exact) mass is 296 g/mol. The van der Waals surface area contributed by atoms with Gasteiger partial charge in [0, 0.05) is 11.8 Å². The Kier molecular flexibility index (Phi) is 3.72. The van der Waals surface area contributed by atoms with Gasteiger partial charge in [0.05, 0.1) is 17.2 Å². The standard InChI is InChI=1S/C14H8F4N2O/c15-11-6-9(20)2-4-13(11)21-12-3-1-8(7-19)5-10(12)14(16,17)18/h1-6H,20H2. The molecule has 0 atom stereocenters. The second-order valence-corrected chi connectivity index (χ2v) is 4.11. The molecule has 0 radical (unpaired) electrons. The first-order chi connectivity index (χ1) is 9.81. The summed E-state index contributed by atoms with van der Waals surface area (Å²) in [6, 6.07) is 7.73. The Bertz CT molecular complexity index is 720. The molecule has 0 saturated heterocycles. The summed E-state index contributed by atoms with van der Waals surface area (Å²) in [5.74, 6) is -1.86. The number of nitriles is 1. The second kappa shape index (κ2) is 5.32. The van der Waals surface area contributed by atoms with Crippen LogP contribution in [0.3, 0.4) is 0 Å². The Morgan fingerprint density at radius 3 is 2.29 bits per heavy atom. The van der Waals surface area contributed by atoms with Gasteiger partial charge in [0.15, 0.2) is 11.6 Å². The highest BCUT2D eigenvalue weighted by molar-refractivity contribution is 5.48. The molecular formula is C14H8F4N2O. The largest absolute Gasteiger partial charge is 0.454 e. The van der Waals surface area contributed by atoms with Crippen LogP contribution < -0.4 is 10.5 Å². The normalized spacial score (nSPS) is 11.0. The molecule has 21 heavy (non-hydrogen) atoms. The molecule has 2 aromatic carbocycles. The number of nitrogens with two attached hydrogens (primary N) is 1. The van der Waals surface area contributed by atoms with E-state index in [0.717, 1.165) is 24.3 Å². The van der Waals surface area contributed by atoms with Crippen molar-refractivity contribution >= 4 is 5.69 Å². The molecule has 108 valence electrons. The van der Waals surface area contributed by atoms with Crippen molar-refractivity contribution in [3.05, 3.63) is 53.3 Å². The van der Waals surface area contributed by atoms with Gasteiger partial charge in [0.2, 0.25) is 0 Å². The van der Waals surface area contributed by atoms with E-state index in [4.69, 9.17) is 15.7 Å². The van der Waals surface area contributed by atoms with Crippen molar-refractivity contribution < 1.29 is 22.3 Å². The molecule has 7 heteroatoms. The predicted molar refractivity (Wildman–Crippen MR) is 67.0 cm³/mol. The molecule has 0 aliphatic heterocycles. The van der Waals surface area contributed by atoms with Crippen LogP contribution in [0.5, 0.6) is 11.5 Å². The second-order valence-electron chi connectivity index (χ2n) is 4.11. The summed E-state index contributed by atoms with van der Waals surface area (Å²) in [6.07, 6.45) is -4.73. The third-order valence-electron chi connectivity index (χ3n) is 2.59. The lowest BCUT2D eigenvalue weighted by atomic mass is 10.1. The first kappa shape index (κ1) is 14.7. The lowest BCUT2D eigenvalue weighted by Gasteiger charge is -2.14. The van der Waals surface area contributed by atoms with Gasteiger partial charge in [-0.05, 0) is 30.3 Å². The van der Waals surface area contributed by atoms with E-state index in [1.54, 1.807) is 6.07 Å². The molecule has 0 amide bonds. The number of hydrogen-bond donors (Lipinski definition) is 1. The number of nitrogens with zero attached hydrogens (tertiary/aromatic N) is 1. The number of rotatable bonds is 2. The predicted octanol–water partition coefficient (Wildman–Crippen LogP) is 4.09. The van der Waals surface area contributed by atoms with Crippen LogP contribution in [0.4, 0.5) is 23.2 Å². The van der Waals surface area contributed by atoms with Crippen molar-refractivity contribution in [2.45, 2.75) is 6.18 Å². The van der Waals surface area contributed by atoms with Crippen molar-refractivity contribution in [1.29, 1.82) is 5.26 Å². The highest BCUT2D eigenvalue weighted by Crippen LogP contribution is 2.39. The topological polar surface area (TPSA) is 59.0 Å². The zero-order valence-corrected chi connectivity index (χ0v) is 10.4. The van der Waals surface area contributed by atoms with E-state index in [-0.39, 0.29) is 17.0 Å². The van der Waals surface area contributed by atoms with Crippen LogP contribution in [0, 0.1) is 17.1 Å². The Morgan fingerprint density at radius 1 is 1.05 bits per heavy atom. The molecule has 0 saturated carbocycles. The Morgan fingerprint density at radius 2 is 1.71 bits per heavy atom. The zero-order valence-electron chi connectivity index (χ0n) is 10.4. The van der Waals surface area contributed by atoms with Gasteiger partial charge in [-0.25, -0.2) is 4.39 Å². The van der Waals surface area contributed by atoms with E-state index in [0.29, 0.717) is 6.07 Å². The maximum Gasteiger partial charge on any atom is 0.420 e. The first-order valence-corrected chi connectivity index (χ1v) is 5.65. The molecule has 3 nitrogen and oxygen atoms in total. The SMILES string of the molecule is N#Cc1ccc(Oc2ccc(N)cc2F)c(C(F)(F)F)c1. The lowest BCUT2D eigenvalue weighted by molar-refractivity contribution is -0.138. The van der Waals surface area contributed by atoms with E-state index in [2.05, 4.69) is 0 Å². The average Bonchev–Trinajstić information content (AvgIpc) is 2.41. The van der Waals surface area contributed by atoms with Crippen molar-refractivity contribution in [2.24, 2.45) is 0 Å². The number of anilines is 1. The van der Waals surface area contributed by atoms with E-state index >= 15 is 0 Å². The van der Waals surface area contributed by atoms with Crippen LogP contribution in [-0.2, 0) is 6.18 Å². The van der Waals surface area contributed by atoms with Gasteiger partial charge in [-0.3, -0.25) is 0 Å². The fourth-order valence-electron chi connectivity index (χ4n) is 1.63. The van der Waals surface area contributed by atoms with Gasteiger partial charge in [-0.15, -0.1) is 0 Å². The Hall–Kier alpha value is -2.75. The van der Waals surface area contributed by atoms with E-state index < -0.39 is 23.3 Å². The van der Waals surface area contributed by atoms with Crippen LogP contribution in [0.2, 0.25) is 0 Å². The molecule has 2 aromatic rings. The Balaban J connectivity index is 2.47. The molecule has 0 fully saturated rings. The van der Waals surface area contributed by atoms with Gasteiger partial charge >= 0.3 is 6.18 Å². The minimum atomic E-state index is -4.73. The van der Waals surface area contributed by atoms with Gasteiger partial charge in [0.25, 0.3) is 0 Å². The fourth-order valence-corrected chi connectivity index (χ4v) is 1.63. The number of ether oxygens (including phenoxy) is 1. The van der Waals surface area contributed by atoms with Crippen LogP contribution in [0.15, 0.2) is 36.4 Å². The number of nitrogen functional groups attached to an aromatic ring is 1. The molecule has 0 aliphatic rings. The maximum absolute atomic E-state index is 13.6. The summed E-state index contributed by atoms with van der Waals surface area (Å²) in [7, 11) is 0. The van der Waals surface area contributed by atoms with Crippen LogP contribution in [0.1, 0.15) is 11.1 Å². The van der Waals surface area contributed by atoms with Crippen LogP contribution >= 0.6 is 0 Å². The first-order valence-electron chi connectivity index (χ1n) is 5.65. The third-order valence-corrected chi connectivity index (χ3v) is 2.59. The molecule has 0 aliphatic carbocycles. The van der Waals surface area contributed by atoms with Crippen molar-refractivity contribution in [3.63, 3.8) is 0 Å². The molecule has 0 heterocycles. The van der Waals surface area contributed by atoms with Crippen LogP contribution in [0.25, 0.3) is 0 Å². The quantitative estimate of drug-likeness (QED) is 0.670. The molecule has 2 rings (SSSR count). The number of benzene rings is 2. The fraction of sp³-hybridized carbons (Fsp3) is 0.0714. The molecule has 0 aromatic heterocycles. The molecule has 0 unspecified atom stereocenters. The number of halogens is 4. The van der Waals surface area contributed by atoms with E-state index in [1.165, 1.54) is 6.07 Å². The van der Waals surface area contributed by atoms with Gasteiger partial charge in [0.1, 0.15) is 5.75 Å². The van der Waals surface area contributed by atoms with Crippen molar-refractivity contribution in [2.75, 3.05) is 5.73 Å².